The van der Waals surface area contributed by atoms with Gasteiger partial charge in [-0.1, -0.05) is 18.2 Å². The van der Waals surface area contributed by atoms with Crippen molar-refractivity contribution < 1.29 is 17.9 Å². The van der Waals surface area contributed by atoms with Crippen LogP contribution in [0.5, 0.6) is 0 Å². The van der Waals surface area contributed by atoms with Crippen molar-refractivity contribution >= 4 is 0 Å². The van der Waals surface area contributed by atoms with Gasteiger partial charge in [-0.2, -0.15) is 0 Å². The first-order valence-corrected chi connectivity index (χ1v) is 3.37. The molecule has 0 N–H and O–H groups in total. The van der Waals surface area contributed by atoms with Gasteiger partial charge in [-0.3, -0.25) is 0 Å². The zero-order valence-corrected chi connectivity index (χ0v) is 6.14. The highest BCUT2D eigenvalue weighted by Gasteiger charge is 2.31. The number of allylic oxidation sites excluding steroid dienone is 5. The summed E-state index contributed by atoms with van der Waals surface area (Å²) in [4.78, 5) is 0. The molecule has 66 valence electrons. The minimum atomic E-state index is -4.60. The van der Waals surface area contributed by atoms with E-state index < -0.39 is 6.36 Å². The minimum Gasteiger partial charge on any atom is -0.406 e. The highest BCUT2D eigenvalue weighted by molar-refractivity contribution is 5.22. The first-order valence-electron chi connectivity index (χ1n) is 3.37. The number of hydrogen-bond donors (Lipinski definition) is 0. The average molecular weight is 176 g/mol. The Hall–Kier alpha value is -1.19. The van der Waals surface area contributed by atoms with E-state index in [0.29, 0.717) is 6.42 Å². The smallest absolute Gasteiger partial charge is 0.406 e. The molecule has 12 heavy (non-hydrogen) atoms. The van der Waals surface area contributed by atoms with Crippen LogP contribution in [-0.2, 0) is 4.74 Å². The van der Waals surface area contributed by atoms with Crippen molar-refractivity contribution in [1.29, 1.82) is 0 Å². The number of alkyl halides is 3. The molecule has 0 aromatic carbocycles. The lowest BCUT2D eigenvalue weighted by atomic mass is 10.4. The van der Waals surface area contributed by atoms with Gasteiger partial charge in [0.25, 0.3) is 0 Å². The van der Waals surface area contributed by atoms with E-state index in [0.717, 1.165) is 0 Å². The van der Waals surface area contributed by atoms with E-state index in [9.17, 15) is 13.2 Å². The van der Waals surface area contributed by atoms with Crippen LogP contribution in [0.3, 0.4) is 0 Å². The number of halogens is 3. The van der Waals surface area contributed by atoms with Crippen molar-refractivity contribution in [1.82, 2.24) is 0 Å². The summed E-state index contributed by atoms with van der Waals surface area (Å²) in [5.74, 6) is -0.184. The van der Waals surface area contributed by atoms with Gasteiger partial charge in [0.1, 0.15) is 5.76 Å². The summed E-state index contributed by atoms with van der Waals surface area (Å²) in [5, 5.41) is 0. The monoisotopic (exact) mass is 176 g/mol. The van der Waals surface area contributed by atoms with E-state index in [1.54, 1.807) is 12.2 Å². The first-order chi connectivity index (χ1) is 5.58. The van der Waals surface area contributed by atoms with Gasteiger partial charge in [0.2, 0.25) is 0 Å². The molecule has 0 saturated heterocycles. The molecule has 0 unspecified atom stereocenters. The standard InChI is InChI=1S/C8H7F3O/c9-8(10,11)12-7-5-3-1-2-4-6-7/h1,3-6H,2H2. The lowest BCUT2D eigenvalue weighted by Crippen LogP contribution is -2.11. The van der Waals surface area contributed by atoms with Gasteiger partial charge in [-0.25, -0.2) is 0 Å². The molecule has 0 atom stereocenters. The Morgan fingerprint density at radius 3 is 2.67 bits per heavy atom. The Balaban J connectivity index is 2.62. The van der Waals surface area contributed by atoms with Crippen LogP contribution < -0.4 is 0 Å². The zero-order chi connectivity index (χ0) is 9.03. The molecule has 0 bridgehead atoms. The molecule has 0 fully saturated rings. The second kappa shape index (κ2) is 3.47. The fourth-order valence-corrected chi connectivity index (χ4v) is 0.761. The summed E-state index contributed by atoms with van der Waals surface area (Å²) in [6.45, 7) is 0. The van der Waals surface area contributed by atoms with E-state index in [1.165, 1.54) is 18.2 Å². The third-order valence-corrected chi connectivity index (χ3v) is 1.18. The number of hydrogen-bond acceptors (Lipinski definition) is 1. The summed E-state index contributed by atoms with van der Waals surface area (Å²) >= 11 is 0. The van der Waals surface area contributed by atoms with Crippen molar-refractivity contribution in [3.63, 3.8) is 0 Å². The van der Waals surface area contributed by atoms with Crippen molar-refractivity contribution in [2.45, 2.75) is 12.8 Å². The topological polar surface area (TPSA) is 9.23 Å². The molecular formula is C8H7F3O. The van der Waals surface area contributed by atoms with Gasteiger partial charge in [0.15, 0.2) is 0 Å². The normalized spacial score (nSPS) is 17.1. The molecule has 0 saturated carbocycles. The van der Waals surface area contributed by atoms with Crippen LogP contribution in [0.2, 0.25) is 0 Å². The second-order valence-electron chi connectivity index (χ2n) is 2.18. The van der Waals surface area contributed by atoms with E-state index >= 15 is 0 Å². The Morgan fingerprint density at radius 2 is 2.00 bits per heavy atom. The fourth-order valence-electron chi connectivity index (χ4n) is 0.761. The van der Waals surface area contributed by atoms with Crippen LogP contribution in [0.1, 0.15) is 6.42 Å². The largest absolute Gasteiger partial charge is 0.573 e. The van der Waals surface area contributed by atoms with Crippen molar-refractivity contribution in [2.75, 3.05) is 0 Å². The molecule has 1 aliphatic rings. The van der Waals surface area contributed by atoms with E-state index in [-0.39, 0.29) is 5.76 Å². The molecule has 0 aliphatic heterocycles. The molecule has 0 heterocycles. The molecule has 0 aromatic heterocycles. The minimum absolute atomic E-state index is 0.184. The van der Waals surface area contributed by atoms with E-state index in [4.69, 9.17) is 0 Å². The van der Waals surface area contributed by atoms with Gasteiger partial charge in [-0.05, 0) is 18.6 Å². The van der Waals surface area contributed by atoms with Gasteiger partial charge in [-0.15, -0.1) is 13.2 Å². The maximum atomic E-state index is 11.7. The Labute approximate surface area is 67.8 Å². The third-order valence-electron chi connectivity index (χ3n) is 1.18. The summed E-state index contributed by atoms with van der Waals surface area (Å²) in [6.07, 6.45) is 3.46. The number of ether oxygens (including phenoxy) is 1. The van der Waals surface area contributed by atoms with Crippen molar-refractivity contribution in [3.05, 3.63) is 36.1 Å². The Morgan fingerprint density at radius 1 is 1.25 bits per heavy atom. The van der Waals surface area contributed by atoms with Crippen LogP contribution >= 0.6 is 0 Å². The molecule has 4 heteroatoms. The predicted octanol–water partition coefficient (Wildman–Crippen LogP) is 2.92. The van der Waals surface area contributed by atoms with Crippen LogP contribution in [0.4, 0.5) is 13.2 Å². The first kappa shape index (κ1) is 8.90. The van der Waals surface area contributed by atoms with Crippen LogP contribution in [-0.4, -0.2) is 6.36 Å². The maximum Gasteiger partial charge on any atom is 0.573 e. The quantitative estimate of drug-likeness (QED) is 0.596. The van der Waals surface area contributed by atoms with Crippen LogP contribution in [0.15, 0.2) is 36.1 Å². The molecule has 1 nitrogen and oxygen atoms in total. The van der Waals surface area contributed by atoms with Crippen LogP contribution in [0.25, 0.3) is 0 Å². The zero-order valence-electron chi connectivity index (χ0n) is 6.14. The SMILES string of the molecule is FC(F)(F)OC1=CC=CCC=C1. The Bertz CT molecular complexity index is 235. The molecule has 0 aromatic rings. The van der Waals surface area contributed by atoms with Gasteiger partial charge in [0, 0.05) is 0 Å². The number of rotatable bonds is 1. The lowest BCUT2D eigenvalue weighted by Gasteiger charge is -2.08. The fraction of sp³-hybridized carbons (Fsp3) is 0.250. The Kier molecular flexibility index (Phi) is 2.58. The molecule has 0 radical (unpaired) electrons. The van der Waals surface area contributed by atoms with Gasteiger partial charge >= 0.3 is 6.36 Å². The molecule has 1 aliphatic carbocycles. The predicted molar refractivity (Wildman–Crippen MR) is 38.1 cm³/mol. The van der Waals surface area contributed by atoms with Crippen LogP contribution in [0, 0.1) is 0 Å². The second-order valence-corrected chi connectivity index (χ2v) is 2.18. The highest BCUT2D eigenvalue weighted by Crippen LogP contribution is 2.22. The molecule has 0 amide bonds. The third kappa shape index (κ3) is 3.27. The van der Waals surface area contributed by atoms with Gasteiger partial charge in [0.05, 0.1) is 0 Å². The van der Waals surface area contributed by atoms with E-state index in [2.05, 4.69) is 4.74 Å². The molecule has 0 spiro atoms. The summed E-state index contributed by atoms with van der Waals surface area (Å²) in [6, 6.07) is 0. The van der Waals surface area contributed by atoms with Gasteiger partial charge < -0.3 is 4.74 Å². The molecule has 1 rings (SSSR count). The maximum absolute atomic E-state index is 11.7. The van der Waals surface area contributed by atoms with Crippen molar-refractivity contribution in [2.24, 2.45) is 0 Å². The van der Waals surface area contributed by atoms with Crippen molar-refractivity contribution in [3.8, 4) is 0 Å². The van der Waals surface area contributed by atoms with E-state index in [1.807, 2.05) is 0 Å². The average Bonchev–Trinajstić information content (AvgIpc) is 2.12. The summed E-state index contributed by atoms with van der Waals surface area (Å²) < 4.78 is 38.6. The lowest BCUT2D eigenvalue weighted by molar-refractivity contribution is -0.303. The summed E-state index contributed by atoms with van der Waals surface area (Å²) in [5.41, 5.74) is 0. The summed E-state index contributed by atoms with van der Waals surface area (Å²) in [7, 11) is 0. The highest BCUT2D eigenvalue weighted by atomic mass is 19.4. The molecular weight excluding hydrogens is 169 g/mol.